The maximum atomic E-state index is 12.8. The molecule has 1 saturated heterocycles. The Morgan fingerprint density at radius 1 is 1.13 bits per heavy atom. The number of hydrogen-bond donors (Lipinski definition) is 1. The van der Waals surface area contributed by atoms with E-state index in [1.807, 2.05) is 24.4 Å². The van der Waals surface area contributed by atoms with Crippen molar-refractivity contribution in [3.05, 3.63) is 60.4 Å². The van der Waals surface area contributed by atoms with Crippen molar-refractivity contribution in [2.45, 2.75) is 19.8 Å². The Balaban J connectivity index is 1.37. The summed E-state index contributed by atoms with van der Waals surface area (Å²) < 4.78 is 6.63. The smallest absolute Gasteiger partial charge is 0.338 e. The number of nitrogens with zero attached hydrogens (tertiary/aromatic N) is 5. The molecule has 3 aromatic rings. The zero-order chi connectivity index (χ0) is 21.6. The molecule has 0 bridgehead atoms. The van der Waals surface area contributed by atoms with E-state index >= 15 is 0 Å². The molecule has 1 aliphatic rings. The van der Waals surface area contributed by atoms with E-state index in [0.717, 1.165) is 25.2 Å². The van der Waals surface area contributed by atoms with Gasteiger partial charge in [0, 0.05) is 31.2 Å². The highest BCUT2D eigenvalue weighted by atomic mass is 16.5. The Morgan fingerprint density at radius 2 is 1.90 bits per heavy atom. The summed E-state index contributed by atoms with van der Waals surface area (Å²) in [6.45, 7) is 3.49. The van der Waals surface area contributed by atoms with Gasteiger partial charge in [-0.3, -0.25) is 4.79 Å². The van der Waals surface area contributed by atoms with Crippen molar-refractivity contribution in [2.75, 3.05) is 29.9 Å². The number of amides is 1. The first kappa shape index (κ1) is 20.5. The Kier molecular flexibility index (Phi) is 6.21. The third-order valence-corrected chi connectivity index (χ3v) is 5.16. The normalized spacial score (nSPS) is 16.0. The number of anilines is 2. The van der Waals surface area contributed by atoms with Gasteiger partial charge >= 0.3 is 5.97 Å². The van der Waals surface area contributed by atoms with Gasteiger partial charge in [0.1, 0.15) is 0 Å². The zero-order valence-electron chi connectivity index (χ0n) is 17.3. The fourth-order valence-corrected chi connectivity index (χ4v) is 3.56. The van der Waals surface area contributed by atoms with E-state index in [4.69, 9.17) is 4.74 Å². The molecule has 1 fully saturated rings. The fraction of sp³-hybridized carbons (Fsp3) is 0.318. The van der Waals surface area contributed by atoms with Gasteiger partial charge in [0.25, 0.3) is 0 Å². The molecule has 9 nitrogen and oxygen atoms in total. The SMILES string of the molecule is CCOC(=O)c1ccc(NC(=O)C2CCCN(c3ccc(-n4cccn4)nn3)C2)cc1. The van der Waals surface area contributed by atoms with Crippen LogP contribution >= 0.6 is 0 Å². The molecule has 1 amide bonds. The molecule has 9 heteroatoms. The summed E-state index contributed by atoms with van der Waals surface area (Å²) in [5, 5.41) is 15.7. The Morgan fingerprint density at radius 3 is 2.58 bits per heavy atom. The summed E-state index contributed by atoms with van der Waals surface area (Å²) >= 11 is 0. The van der Waals surface area contributed by atoms with Gasteiger partial charge in [-0.1, -0.05) is 0 Å². The molecule has 1 atom stereocenters. The predicted octanol–water partition coefficient (Wildman–Crippen LogP) is 2.69. The molecule has 0 radical (unpaired) electrons. The van der Waals surface area contributed by atoms with Crippen LogP contribution in [-0.2, 0) is 9.53 Å². The minimum atomic E-state index is -0.372. The highest BCUT2D eigenvalue weighted by Crippen LogP contribution is 2.23. The standard InChI is InChI=1S/C22H24N6O3/c1-2-31-22(30)16-6-8-18(9-7-16)24-21(29)17-5-3-13-27(15-17)19-10-11-20(26-25-19)28-14-4-12-23-28/h4,6-12,14,17H,2-3,5,13,15H2,1H3,(H,24,29). The summed E-state index contributed by atoms with van der Waals surface area (Å²) in [5.74, 6) is 0.808. The molecule has 4 rings (SSSR count). The average molecular weight is 420 g/mol. The third-order valence-electron chi connectivity index (χ3n) is 5.16. The number of rotatable bonds is 6. The number of piperidine rings is 1. The van der Waals surface area contributed by atoms with E-state index in [-0.39, 0.29) is 17.8 Å². The van der Waals surface area contributed by atoms with Gasteiger partial charge in [0.2, 0.25) is 5.91 Å². The van der Waals surface area contributed by atoms with Crippen LogP contribution in [0.2, 0.25) is 0 Å². The van der Waals surface area contributed by atoms with E-state index in [9.17, 15) is 9.59 Å². The van der Waals surface area contributed by atoms with Crippen molar-refractivity contribution in [2.24, 2.45) is 5.92 Å². The summed E-state index contributed by atoms with van der Waals surface area (Å²) in [6.07, 6.45) is 5.20. The van der Waals surface area contributed by atoms with Crippen molar-refractivity contribution in [1.82, 2.24) is 20.0 Å². The highest BCUT2D eigenvalue weighted by Gasteiger charge is 2.27. The minimum Gasteiger partial charge on any atom is -0.462 e. The molecular formula is C22H24N6O3. The molecule has 160 valence electrons. The largest absolute Gasteiger partial charge is 0.462 e. The van der Waals surface area contributed by atoms with Gasteiger partial charge in [0.15, 0.2) is 11.6 Å². The molecule has 31 heavy (non-hydrogen) atoms. The number of aromatic nitrogens is 4. The average Bonchev–Trinajstić information content (AvgIpc) is 3.35. The van der Waals surface area contributed by atoms with Crippen LogP contribution in [0.15, 0.2) is 54.9 Å². The first-order valence-corrected chi connectivity index (χ1v) is 10.3. The van der Waals surface area contributed by atoms with Crippen molar-refractivity contribution in [3.8, 4) is 5.82 Å². The lowest BCUT2D eigenvalue weighted by Gasteiger charge is -2.32. The monoisotopic (exact) mass is 420 g/mol. The number of carbonyl (C=O) groups excluding carboxylic acids is 2. The van der Waals surface area contributed by atoms with Gasteiger partial charge < -0.3 is 15.0 Å². The summed E-state index contributed by atoms with van der Waals surface area (Å²) in [5.41, 5.74) is 1.11. The van der Waals surface area contributed by atoms with Crippen molar-refractivity contribution in [1.29, 1.82) is 0 Å². The molecule has 1 aromatic carbocycles. The maximum Gasteiger partial charge on any atom is 0.338 e. The lowest BCUT2D eigenvalue weighted by molar-refractivity contribution is -0.120. The molecule has 1 N–H and O–H groups in total. The predicted molar refractivity (Wildman–Crippen MR) is 115 cm³/mol. The molecular weight excluding hydrogens is 396 g/mol. The van der Waals surface area contributed by atoms with E-state index < -0.39 is 0 Å². The molecule has 0 saturated carbocycles. The van der Waals surface area contributed by atoms with Gasteiger partial charge in [-0.25, -0.2) is 9.48 Å². The van der Waals surface area contributed by atoms with Crippen LogP contribution in [0.4, 0.5) is 11.5 Å². The fourth-order valence-electron chi connectivity index (χ4n) is 3.56. The highest BCUT2D eigenvalue weighted by molar-refractivity contribution is 5.94. The maximum absolute atomic E-state index is 12.8. The lowest BCUT2D eigenvalue weighted by Crippen LogP contribution is -2.41. The minimum absolute atomic E-state index is 0.0466. The van der Waals surface area contributed by atoms with Crippen LogP contribution < -0.4 is 10.2 Å². The second-order valence-electron chi connectivity index (χ2n) is 7.27. The van der Waals surface area contributed by atoms with Gasteiger partial charge in [0.05, 0.1) is 18.1 Å². The Hall–Kier alpha value is -3.75. The Bertz CT molecular complexity index is 1020. The van der Waals surface area contributed by atoms with Crippen molar-refractivity contribution < 1.29 is 14.3 Å². The zero-order valence-corrected chi connectivity index (χ0v) is 17.3. The van der Waals surface area contributed by atoms with Crippen LogP contribution in [0.1, 0.15) is 30.1 Å². The number of ether oxygens (including phenoxy) is 1. The Labute approximate surface area is 180 Å². The summed E-state index contributed by atoms with van der Waals surface area (Å²) in [7, 11) is 0. The molecule has 0 spiro atoms. The van der Waals surface area contributed by atoms with Crippen molar-refractivity contribution in [3.63, 3.8) is 0 Å². The van der Waals surface area contributed by atoms with Crippen LogP contribution in [0.25, 0.3) is 5.82 Å². The second-order valence-corrected chi connectivity index (χ2v) is 7.27. The summed E-state index contributed by atoms with van der Waals surface area (Å²) in [6, 6.07) is 12.3. The first-order chi connectivity index (χ1) is 15.1. The van der Waals surface area contributed by atoms with E-state index in [0.29, 0.717) is 30.2 Å². The molecule has 2 aromatic heterocycles. The third kappa shape index (κ3) is 4.88. The van der Waals surface area contributed by atoms with Gasteiger partial charge in [-0.05, 0) is 62.2 Å². The summed E-state index contributed by atoms with van der Waals surface area (Å²) in [4.78, 5) is 26.6. The van der Waals surface area contributed by atoms with Crippen LogP contribution in [0.5, 0.6) is 0 Å². The van der Waals surface area contributed by atoms with E-state index in [2.05, 4.69) is 25.5 Å². The van der Waals surface area contributed by atoms with E-state index in [1.54, 1.807) is 42.1 Å². The molecule has 0 aliphatic carbocycles. The van der Waals surface area contributed by atoms with Gasteiger partial charge in [-0.15, -0.1) is 10.2 Å². The quantitative estimate of drug-likeness (QED) is 0.612. The van der Waals surface area contributed by atoms with Crippen LogP contribution in [-0.4, -0.2) is 51.6 Å². The number of nitrogens with one attached hydrogen (secondary N) is 1. The van der Waals surface area contributed by atoms with Crippen LogP contribution in [0.3, 0.4) is 0 Å². The number of esters is 1. The number of carbonyl (C=O) groups is 2. The molecule has 1 unspecified atom stereocenters. The van der Waals surface area contributed by atoms with Crippen molar-refractivity contribution >= 4 is 23.4 Å². The van der Waals surface area contributed by atoms with Gasteiger partial charge in [-0.2, -0.15) is 5.10 Å². The number of benzene rings is 1. The first-order valence-electron chi connectivity index (χ1n) is 10.3. The molecule has 1 aliphatic heterocycles. The topological polar surface area (TPSA) is 102 Å². The lowest BCUT2D eigenvalue weighted by atomic mass is 9.97. The number of hydrogen-bond acceptors (Lipinski definition) is 7. The van der Waals surface area contributed by atoms with E-state index in [1.165, 1.54) is 0 Å². The molecule has 3 heterocycles. The second kappa shape index (κ2) is 9.38. The van der Waals surface area contributed by atoms with Crippen LogP contribution in [0, 0.1) is 5.92 Å².